The number of esters is 1. The minimum atomic E-state index is -1.27. The van der Waals surface area contributed by atoms with Crippen LogP contribution in [0.25, 0.3) is 10.9 Å². The summed E-state index contributed by atoms with van der Waals surface area (Å²) in [6, 6.07) is 6.81. The van der Waals surface area contributed by atoms with E-state index in [9.17, 15) is 14.9 Å². The van der Waals surface area contributed by atoms with Gasteiger partial charge in [-0.2, -0.15) is 0 Å². The lowest BCUT2D eigenvalue weighted by atomic mass is 9.80. The van der Waals surface area contributed by atoms with Crippen molar-refractivity contribution in [1.29, 1.82) is 0 Å². The molecule has 0 aliphatic rings. The van der Waals surface area contributed by atoms with E-state index in [4.69, 9.17) is 9.39 Å². The molecule has 1 aromatic carbocycles. The normalized spacial score (nSPS) is 12.5. The van der Waals surface area contributed by atoms with Gasteiger partial charge in [-0.3, -0.25) is 0 Å². The van der Waals surface area contributed by atoms with Crippen LogP contribution in [0, 0.1) is 0 Å². The molecule has 0 spiro atoms. The molecule has 0 fully saturated rings. The third-order valence-corrected chi connectivity index (χ3v) is 4.24. The van der Waals surface area contributed by atoms with Gasteiger partial charge in [0.05, 0.1) is 23.9 Å². The molecule has 2 aromatic rings. The van der Waals surface area contributed by atoms with Crippen LogP contribution in [0.15, 0.2) is 24.3 Å². The number of rotatable bonds is 5. The fraction of sp³-hybridized carbons (Fsp3) is 0.438. The summed E-state index contributed by atoms with van der Waals surface area (Å²) in [4.78, 5) is 14.8. The van der Waals surface area contributed by atoms with Gasteiger partial charge in [0.1, 0.15) is 0 Å². The van der Waals surface area contributed by atoms with Gasteiger partial charge >= 0.3 is 13.1 Å². The highest BCUT2D eigenvalue weighted by atomic mass is 16.5. The molecule has 0 amide bonds. The molecule has 0 aliphatic carbocycles. The Bertz CT molecular complexity index is 717. The first-order valence-corrected chi connectivity index (χ1v) is 7.35. The first-order valence-electron chi connectivity index (χ1n) is 7.35. The van der Waals surface area contributed by atoms with Crippen molar-refractivity contribution in [3.63, 3.8) is 0 Å². The number of aromatic amines is 1. The van der Waals surface area contributed by atoms with Crippen molar-refractivity contribution in [2.24, 2.45) is 0 Å². The van der Waals surface area contributed by atoms with E-state index < -0.39 is 24.3 Å². The lowest BCUT2D eigenvalue weighted by molar-refractivity contribution is -0.0983. The zero-order valence-electron chi connectivity index (χ0n) is 14.0. The van der Waals surface area contributed by atoms with Crippen LogP contribution in [-0.4, -0.2) is 46.5 Å². The Labute approximate surface area is 135 Å². The minimum absolute atomic E-state index is 0.397. The number of hydrogen-bond donors (Lipinski definition) is 3. The molecular weight excluding hydrogens is 297 g/mol. The molecule has 0 aliphatic heterocycles. The van der Waals surface area contributed by atoms with Gasteiger partial charge in [0.2, 0.25) is 0 Å². The SMILES string of the molecule is COC(=O)c1cccc2[nH]c(B(O)OC(C)(C)C(C)(C)O)cc12. The molecule has 1 heterocycles. The van der Waals surface area contributed by atoms with Gasteiger partial charge in [0, 0.05) is 16.5 Å². The predicted octanol–water partition coefficient (Wildman–Crippen LogP) is 1.21. The number of methoxy groups -OCH3 is 1. The Hall–Kier alpha value is -1.83. The highest BCUT2D eigenvalue weighted by Crippen LogP contribution is 2.25. The molecular formula is C16H22BNO5. The summed E-state index contributed by atoms with van der Waals surface area (Å²) in [5.74, 6) is -0.451. The molecule has 0 saturated carbocycles. The van der Waals surface area contributed by atoms with E-state index in [0.717, 1.165) is 0 Å². The quantitative estimate of drug-likeness (QED) is 0.569. The first-order chi connectivity index (χ1) is 10.6. The Balaban J connectivity index is 2.36. The van der Waals surface area contributed by atoms with E-state index in [-0.39, 0.29) is 0 Å². The molecule has 0 bridgehead atoms. The predicted molar refractivity (Wildman–Crippen MR) is 88.7 cm³/mol. The van der Waals surface area contributed by atoms with Crippen LogP contribution in [0.4, 0.5) is 0 Å². The van der Waals surface area contributed by atoms with Crippen LogP contribution in [0.2, 0.25) is 0 Å². The van der Waals surface area contributed by atoms with Crippen molar-refractivity contribution >= 4 is 29.6 Å². The number of fused-ring (bicyclic) bond motifs is 1. The van der Waals surface area contributed by atoms with Crippen molar-refractivity contribution in [2.75, 3.05) is 7.11 Å². The maximum absolute atomic E-state index is 11.8. The summed E-state index contributed by atoms with van der Waals surface area (Å²) in [5.41, 5.74) is -0.631. The number of benzene rings is 1. The Morgan fingerprint density at radius 1 is 1.26 bits per heavy atom. The minimum Gasteiger partial charge on any atom is -0.465 e. The van der Waals surface area contributed by atoms with Crippen LogP contribution in [0.1, 0.15) is 38.1 Å². The standard InChI is InChI=1S/C16H22BNO5/c1-15(2,20)16(3,4)23-17(21)13-9-11-10(14(19)22-5)7-6-8-12(11)18-13/h6-9,18,20-21H,1-5H3. The second kappa shape index (κ2) is 6.00. The van der Waals surface area contributed by atoms with E-state index >= 15 is 0 Å². The van der Waals surface area contributed by atoms with E-state index in [1.807, 2.05) is 0 Å². The number of carbonyl (C=O) groups is 1. The average Bonchev–Trinajstić information content (AvgIpc) is 2.88. The van der Waals surface area contributed by atoms with Gasteiger partial charge in [0.15, 0.2) is 0 Å². The van der Waals surface area contributed by atoms with Crippen LogP contribution >= 0.6 is 0 Å². The Morgan fingerprint density at radius 2 is 1.91 bits per heavy atom. The van der Waals surface area contributed by atoms with E-state index in [1.54, 1.807) is 52.0 Å². The summed E-state index contributed by atoms with van der Waals surface area (Å²) in [7, 11) is 0.0489. The van der Waals surface area contributed by atoms with Gasteiger partial charge in [-0.05, 0) is 45.9 Å². The molecule has 124 valence electrons. The number of aliphatic hydroxyl groups is 1. The molecule has 3 N–H and O–H groups in total. The maximum atomic E-state index is 11.8. The summed E-state index contributed by atoms with van der Waals surface area (Å²) >= 11 is 0. The highest BCUT2D eigenvalue weighted by molar-refractivity contribution is 6.59. The lowest BCUT2D eigenvalue weighted by Gasteiger charge is -2.38. The van der Waals surface area contributed by atoms with Crippen molar-refractivity contribution in [2.45, 2.75) is 38.9 Å². The molecule has 0 radical (unpaired) electrons. The molecule has 0 atom stereocenters. The molecule has 7 heteroatoms. The first kappa shape index (κ1) is 17.5. The molecule has 23 heavy (non-hydrogen) atoms. The molecule has 1 aromatic heterocycles. The van der Waals surface area contributed by atoms with Crippen LogP contribution < -0.4 is 5.59 Å². The second-order valence-corrected chi connectivity index (χ2v) is 6.52. The molecule has 0 saturated heterocycles. The number of aromatic nitrogens is 1. The van der Waals surface area contributed by atoms with Gasteiger partial charge in [0.25, 0.3) is 0 Å². The lowest BCUT2D eigenvalue weighted by Crippen LogP contribution is -2.53. The van der Waals surface area contributed by atoms with Crippen LogP contribution in [0.3, 0.4) is 0 Å². The van der Waals surface area contributed by atoms with Crippen molar-refractivity contribution in [3.8, 4) is 0 Å². The van der Waals surface area contributed by atoms with Gasteiger partial charge in [-0.15, -0.1) is 0 Å². The smallest absolute Gasteiger partial charge is 0.465 e. The average molecular weight is 319 g/mol. The van der Waals surface area contributed by atoms with Crippen molar-refractivity contribution in [1.82, 2.24) is 4.98 Å². The van der Waals surface area contributed by atoms with Gasteiger partial charge < -0.3 is 24.5 Å². The number of hydrogen-bond acceptors (Lipinski definition) is 5. The van der Waals surface area contributed by atoms with E-state index in [0.29, 0.717) is 22.1 Å². The van der Waals surface area contributed by atoms with Gasteiger partial charge in [-0.1, -0.05) is 6.07 Å². The van der Waals surface area contributed by atoms with E-state index in [2.05, 4.69) is 4.98 Å². The fourth-order valence-corrected chi connectivity index (χ4v) is 2.08. The maximum Gasteiger partial charge on any atom is 0.508 e. The fourth-order valence-electron chi connectivity index (χ4n) is 2.08. The zero-order valence-corrected chi connectivity index (χ0v) is 14.0. The Kier molecular flexibility index (Phi) is 4.57. The molecule has 0 unspecified atom stereocenters. The third kappa shape index (κ3) is 3.42. The van der Waals surface area contributed by atoms with Gasteiger partial charge in [-0.25, -0.2) is 4.79 Å². The van der Waals surface area contributed by atoms with Crippen LogP contribution in [-0.2, 0) is 9.39 Å². The Morgan fingerprint density at radius 3 is 2.48 bits per heavy atom. The van der Waals surface area contributed by atoms with Crippen LogP contribution in [0.5, 0.6) is 0 Å². The van der Waals surface area contributed by atoms with Crippen molar-refractivity contribution < 1.29 is 24.3 Å². The molecule has 2 rings (SSSR count). The summed E-state index contributed by atoms with van der Waals surface area (Å²) in [6.07, 6.45) is 0. The highest BCUT2D eigenvalue weighted by Gasteiger charge is 2.40. The number of carbonyl (C=O) groups excluding carboxylic acids is 1. The number of ether oxygens (including phenoxy) is 1. The van der Waals surface area contributed by atoms with Crippen molar-refractivity contribution in [3.05, 3.63) is 29.8 Å². The largest absolute Gasteiger partial charge is 0.508 e. The topological polar surface area (TPSA) is 91.8 Å². The molecule has 6 nitrogen and oxygen atoms in total. The monoisotopic (exact) mass is 319 g/mol. The van der Waals surface area contributed by atoms with E-state index in [1.165, 1.54) is 7.11 Å². The summed E-state index contributed by atoms with van der Waals surface area (Å²) in [5, 5.41) is 21.1. The third-order valence-electron chi connectivity index (χ3n) is 4.24. The summed E-state index contributed by atoms with van der Waals surface area (Å²) in [6.45, 7) is 6.61. The number of H-pyrrole nitrogens is 1. The second-order valence-electron chi connectivity index (χ2n) is 6.52. The summed E-state index contributed by atoms with van der Waals surface area (Å²) < 4.78 is 10.4. The zero-order chi connectivity index (χ0) is 17.4. The number of nitrogens with one attached hydrogen (secondary N) is 1.